The van der Waals surface area contributed by atoms with E-state index in [4.69, 9.17) is 4.74 Å². The van der Waals surface area contributed by atoms with Crippen LogP contribution in [-0.2, 0) is 4.74 Å². The average molecular weight is 242 g/mol. The molecule has 0 aliphatic carbocycles. The Balaban J connectivity index is 1.85. The molecule has 0 spiro atoms. The van der Waals surface area contributed by atoms with E-state index in [0.29, 0.717) is 12.0 Å². The molecule has 2 aromatic rings. The smallest absolute Gasteiger partial charge is 0.0514 e. The molecule has 0 amide bonds. The van der Waals surface area contributed by atoms with Gasteiger partial charge in [-0.3, -0.25) is 4.98 Å². The van der Waals surface area contributed by atoms with Crippen molar-refractivity contribution in [3.63, 3.8) is 0 Å². The summed E-state index contributed by atoms with van der Waals surface area (Å²) in [5, 5.41) is 6.03. The molecule has 1 aromatic carbocycles. The molecule has 2 unspecified atom stereocenters. The molecule has 18 heavy (non-hydrogen) atoms. The summed E-state index contributed by atoms with van der Waals surface area (Å²) >= 11 is 0. The number of pyridine rings is 1. The van der Waals surface area contributed by atoms with Crippen LogP contribution in [-0.4, -0.2) is 24.2 Å². The summed E-state index contributed by atoms with van der Waals surface area (Å²) in [6, 6.07) is 8.80. The number of hydrogen-bond acceptors (Lipinski definition) is 3. The highest BCUT2D eigenvalue weighted by atomic mass is 16.5. The molecule has 3 nitrogen and oxygen atoms in total. The standard InChI is InChI=1S/C15H18N2O/c1-11(13-6-8-18-10-13)17-15-4-2-3-12-9-16-7-5-14(12)15/h2-5,7,9,11,13,17H,6,8,10H2,1H3. The Morgan fingerprint density at radius 3 is 3.17 bits per heavy atom. The second-order valence-corrected chi connectivity index (χ2v) is 4.96. The fourth-order valence-corrected chi connectivity index (χ4v) is 2.56. The largest absolute Gasteiger partial charge is 0.382 e. The first-order valence-electron chi connectivity index (χ1n) is 6.51. The predicted molar refractivity (Wildman–Crippen MR) is 73.8 cm³/mol. The highest BCUT2D eigenvalue weighted by Gasteiger charge is 2.22. The van der Waals surface area contributed by atoms with E-state index in [9.17, 15) is 0 Å². The number of nitrogens with zero attached hydrogens (tertiary/aromatic N) is 1. The minimum absolute atomic E-state index is 0.436. The molecule has 3 heteroatoms. The van der Waals surface area contributed by atoms with Crippen LogP contribution in [0.15, 0.2) is 36.7 Å². The molecular weight excluding hydrogens is 224 g/mol. The lowest BCUT2D eigenvalue weighted by molar-refractivity contribution is 0.183. The van der Waals surface area contributed by atoms with Gasteiger partial charge in [0.25, 0.3) is 0 Å². The van der Waals surface area contributed by atoms with Gasteiger partial charge in [-0.15, -0.1) is 0 Å². The molecule has 0 bridgehead atoms. The van der Waals surface area contributed by atoms with Crippen LogP contribution in [0.5, 0.6) is 0 Å². The predicted octanol–water partition coefficient (Wildman–Crippen LogP) is 3.07. The zero-order valence-electron chi connectivity index (χ0n) is 10.6. The van der Waals surface area contributed by atoms with Crippen molar-refractivity contribution in [2.24, 2.45) is 5.92 Å². The van der Waals surface area contributed by atoms with Gasteiger partial charge >= 0.3 is 0 Å². The normalized spacial score (nSPS) is 21.1. The van der Waals surface area contributed by atoms with Crippen LogP contribution < -0.4 is 5.32 Å². The second-order valence-electron chi connectivity index (χ2n) is 4.96. The lowest BCUT2D eigenvalue weighted by Crippen LogP contribution is -2.26. The van der Waals surface area contributed by atoms with Gasteiger partial charge in [-0.25, -0.2) is 0 Å². The molecule has 2 heterocycles. The van der Waals surface area contributed by atoms with Crippen LogP contribution in [0.25, 0.3) is 10.8 Å². The van der Waals surface area contributed by atoms with Crippen molar-refractivity contribution in [2.45, 2.75) is 19.4 Å². The minimum Gasteiger partial charge on any atom is -0.382 e. The SMILES string of the molecule is CC(Nc1cccc2cnccc12)C1CCOC1. The maximum Gasteiger partial charge on any atom is 0.0514 e. The Bertz CT molecular complexity index is 530. The van der Waals surface area contributed by atoms with E-state index in [2.05, 4.69) is 41.5 Å². The molecular formula is C15H18N2O. The van der Waals surface area contributed by atoms with E-state index < -0.39 is 0 Å². The van der Waals surface area contributed by atoms with Gasteiger partial charge < -0.3 is 10.1 Å². The first-order valence-corrected chi connectivity index (χ1v) is 6.51. The third-order valence-corrected chi connectivity index (χ3v) is 3.74. The molecule has 1 aromatic heterocycles. The summed E-state index contributed by atoms with van der Waals surface area (Å²) in [5.74, 6) is 0.613. The number of aromatic nitrogens is 1. The molecule has 2 atom stereocenters. The van der Waals surface area contributed by atoms with Gasteiger partial charge in [0.2, 0.25) is 0 Å². The van der Waals surface area contributed by atoms with Crippen molar-refractivity contribution < 1.29 is 4.74 Å². The van der Waals surface area contributed by atoms with E-state index in [1.807, 2.05) is 12.4 Å². The van der Waals surface area contributed by atoms with Crippen molar-refractivity contribution in [3.8, 4) is 0 Å². The Morgan fingerprint density at radius 1 is 1.39 bits per heavy atom. The first-order chi connectivity index (χ1) is 8.84. The fourth-order valence-electron chi connectivity index (χ4n) is 2.56. The van der Waals surface area contributed by atoms with Crippen molar-refractivity contribution in [3.05, 3.63) is 36.7 Å². The number of nitrogens with one attached hydrogen (secondary N) is 1. The second kappa shape index (κ2) is 4.94. The maximum atomic E-state index is 5.45. The molecule has 0 radical (unpaired) electrons. The Morgan fingerprint density at radius 2 is 2.33 bits per heavy atom. The number of fused-ring (bicyclic) bond motifs is 1. The number of hydrogen-bond donors (Lipinski definition) is 1. The van der Waals surface area contributed by atoms with Crippen LogP contribution >= 0.6 is 0 Å². The number of ether oxygens (including phenoxy) is 1. The molecule has 1 aliphatic rings. The van der Waals surface area contributed by atoms with Gasteiger partial charge in [0.05, 0.1) is 6.61 Å². The topological polar surface area (TPSA) is 34.2 Å². The van der Waals surface area contributed by atoms with Crippen molar-refractivity contribution in [2.75, 3.05) is 18.5 Å². The lowest BCUT2D eigenvalue weighted by atomic mass is 10.00. The van der Waals surface area contributed by atoms with Gasteiger partial charge in [0, 0.05) is 47.4 Å². The van der Waals surface area contributed by atoms with E-state index in [-0.39, 0.29) is 0 Å². The molecule has 1 saturated heterocycles. The molecule has 1 aliphatic heterocycles. The van der Waals surface area contributed by atoms with Crippen LogP contribution in [0.2, 0.25) is 0 Å². The highest BCUT2D eigenvalue weighted by molar-refractivity contribution is 5.93. The molecule has 0 saturated carbocycles. The van der Waals surface area contributed by atoms with Crippen molar-refractivity contribution >= 4 is 16.5 Å². The minimum atomic E-state index is 0.436. The number of benzene rings is 1. The van der Waals surface area contributed by atoms with Gasteiger partial charge in [0.1, 0.15) is 0 Å². The quantitative estimate of drug-likeness (QED) is 0.898. The number of rotatable bonds is 3. The van der Waals surface area contributed by atoms with E-state index >= 15 is 0 Å². The summed E-state index contributed by atoms with van der Waals surface area (Å²) in [7, 11) is 0. The zero-order chi connectivity index (χ0) is 12.4. The summed E-state index contributed by atoms with van der Waals surface area (Å²) in [6.45, 7) is 4.01. The first kappa shape index (κ1) is 11.5. The van der Waals surface area contributed by atoms with E-state index in [1.54, 1.807) is 0 Å². The molecule has 1 N–H and O–H groups in total. The molecule has 1 fully saturated rings. The average Bonchev–Trinajstić information content (AvgIpc) is 2.93. The van der Waals surface area contributed by atoms with Crippen LogP contribution in [0.3, 0.4) is 0 Å². The van der Waals surface area contributed by atoms with Crippen LogP contribution in [0.1, 0.15) is 13.3 Å². The van der Waals surface area contributed by atoms with Gasteiger partial charge in [0.15, 0.2) is 0 Å². The summed E-state index contributed by atoms with van der Waals surface area (Å²) in [5.41, 5.74) is 1.19. The Kier molecular flexibility index (Phi) is 3.15. The lowest BCUT2D eigenvalue weighted by Gasteiger charge is -2.21. The van der Waals surface area contributed by atoms with Crippen molar-refractivity contribution in [1.29, 1.82) is 0 Å². The third-order valence-electron chi connectivity index (χ3n) is 3.74. The fraction of sp³-hybridized carbons (Fsp3) is 0.400. The molecule has 3 rings (SSSR count). The third kappa shape index (κ3) is 2.18. The summed E-state index contributed by atoms with van der Waals surface area (Å²) in [6.07, 6.45) is 4.90. The van der Waals surface area contributed by atoms with Crippen LogP contribution in [0.4, 0.5) is 5.69 Å². The van der Waals surface area contributed by atoms with Gasteiger partial charge in [-0.1, -0.05) is 12.1 Å². The van der Waals surface area contributed by atoms with Crippen LogP contribution in [0, 0.1) is 5.92 Å². The highest BCUT2D eigenvalue weighted by Crippen LogP contribution is 2.25. The van der Waals surface area contributed by atoms with Crippen molar-refractivity contribution in [1.82, 2.24) is 4.98 Å². The van der Waals surface area contributed by atoms with Gasteiger partial charge in [-0.2, -0.15) is 0 Å². The van der Waals surface area contributed by atoms with E-state index in [0.717, 1.165) is 19.6 Å². The summed E-state index contributed by atoms with van der Waals surface area (Å²) < 4.78 is 5.45. The number of anilines is 1. The maximum absolute atomic E-state index is 5.45. The monoisotopic (exact) mass is 242 g/mol. The Hall–Kier alpha value is -1.61. The Labute approximate surface area is 107 Å². The summed E-state index contributed by atoms with van der Waals surface area (Å²) in [4.78, 5) is 4.16. The van der Waals surface area contributed by atoms with E-state index in [1.165, 1.54) is 16.5 Å². The zero-order valence-corrected chi connectivity index (χ0v) is 10.6. The van der Waals surface area contributed by atoms with Gasteiger partial charge in [-0.05, 0) is 25.5 Å². The molecule has 94 valence electrons.